The number of allylic oxidation sites excluding steroid dienone is 2. The number of halogens is 1. The van der Waals surface area contributed by atoms with Gasteiger partial charge in [0.1, 0.15) is 18.1 Å². The number of aromatic nitrogens is 3. The van der Waals surface area contributed by atoms with Crippen molar-refractivity contribution in [2.45, 2.75) is 24.8 Å². The lowest BCUT2D eigenvalue weighted by Gasteiger charge is -2.34. The lowest BCUT2D eigenvalue weighted by molar-refractivity contribution is -0.384. The molecule has 29 heavy (non-hydrogen) atoms. The van der Waals surface area contributed by atoms with Gasteiger partial charge in [-0.2, -0.15) is 10.1 Å². The molecule has 9 nitrogen and oxygen atoms in total. The standard InChI is InChI=1S/C19H14ClN5O4/c20-13-4-3-11(25(27)28)8-12(13)18-17-14(23-19-21-9-22-24(18)19)6-10(7-15(17)26)16-2-1-5-29-16/h1-5,8-10,18H,6-7H2,(H,21,22,23)/t10-,18+/m1/s1. The molecule has 1 aliphatic carbocycles. The fraction of sp³-hybridized carbons (Fsp3) is 0.211. The quantitative estimate of drug-likeness (QED) is 0.514. The maximum atomic E-state index is 13.2. The molecule has 3 heterocycles. The molecule has 0 saturated carbocycles. The number of ketones is 1. The minimum Gasteiger partial charge on any atom is -0.469 e. The number of carbonyl (C=O) groups is 1. The molecule has 5 rings (SSSR count). The highest BCUT2D eigenvalue weighted by molar-refractivity contribution is 6.31. The highest BCUT2D eigenvalue weighted by atomic mass is 35.5. The van der Waals surface area contributed by atoms with Crippen molar-refractivity contribution in [3.05, 3.63) is 80.7 Å². The summed E-state index contributed by atoms with van der Waals surface area (Å²) in [5.74, 6) is 1.00. The topological polar surface area (TPSA) is 116 Å². The third-order valence-corrected chi connectivity index (χ3v) is 5.64. The summed E-state index contributed by atoms with van der Waals surface area (Å²) in [6.07, 6.45) is 3.76. The minimum absolute atomic E-state index is 0.0890. The smallest absolute Gasteiger partial charge is 0.269 e. The van der Waals surface area contributed by atoms with E-state index in [-0.39, 0.29) is 23.8 Å². The van der Waals surface area contributed by atoms with E-state index in [0.717, 1.165) is 5.76 Å². The second kappa shape index (κ2) is 6.56. The molecule has 0 radical (unpaired) electrons. The highest BCUT2D eigenvalue weighted by Gasteiger charge is 2.40. The molecule has 0 amide bonds. The molecule has 0 fully saturated rings. The Morgan fingerprint density at radius 2 is 2.17 bits per heavy atom. The van der Waals surface area contributed by atoms with Crippen LogP contribution in [0.3, 0.4) is 0 Å². The summed E-state index contributed by atoms with van der Waals surface area (Å²) < 4.78 is 7.03. The Morgan fingerprint density at radius 3 is 2.93 bits per heavy atom. The zero-order chi connectivity index (χ0) is 20.1. The number of nitrogens with one attached hydrogen (secondary N) is 1. The van der Waals surface area contributed by atoms with Crippen molar-refractivity contribution in [2.75, 3.05) is 5.32 Å². The largest absolute Gasteiger partial charge is 0.469 e. The van der Waals surface area contributed by atoms with Crippen LogP contribution < -0.4 is 5.32 Å². The normalized spacial score (nSPS) is 20.8. The molecule has 3 aromatic rings. The van der Waals surface area contributed by atoms with Gasteiger partial charge < -0.3 is 9.73 Å². The molecule has 146 valence electrons. The Bertz CT molecular complexity index is 1170. The minimum atomic E-state index is -0.693. The van der Waals surface area contributed by atoms with E-state index in [1.807, 2.05) is 6.07 Å². The molecular weight excluding hydrogens is 398 g/mol. The molecule has 2 aliphatic rings. The van der Waals surface area contributed by atoms with Gasteiger partial charge in [0, 0.05) is 46.3 Å². The average molecular weight is 412 g/mol. The lowest BCUT2D eigenvalue weighted by Crippen LogP contribution is -2.33. The van der Waals surface area contributed by atoms with E-state index in [1.165, 1.54) is 29.2 Å². The Morgan fingerprint density at radius 1 is 1.31 bits per heavy atom. The van der Waals surface area contributed by atoms with Gasteiger partial charge in [0.15, 0.2) is 5.78 Å². The maximum absolute atomic E-state index is 13.2. The summed E-state index contributed by atoms with van der Waals surface area (Å²) in [5, 5.41) is 19.0. The molecule has 1 aromatic carbocycles. The third-order valence-electron chi connectivity index (χ3n) is 5.29. The molecule has 2 atom stereocenters. The molecule has 0 saturated heterocycles. The Hall–Kier alpha value is -3.46. The number of benzene rings is 1. The zero-order valence-electron chi connectivity index (χ0n) is 14.9. The first kappa shape index (κ1) is 17.6. The first-order chi connectivity index (χ1) is 14.0. The number of nitro groups is 1. The van der Waals surface area contributed by atoms with E-state index < -0.39 is 11.0 Å². The van der Waals surface area contributed by atoms with Crippen LogP contribution in [0, 0.1) is 10.1 Å². The number of non-ortho nitro benzene ring substituents is 1. The third kappa shape index (κ3) is 2.82. The highest BCUT2D eigenvalue weighted by Crippen LogP contribution is 2.45. The van der Waals surface area contributed by atoms with Crippen LogP contribution in [0.1, 0.15) is 36.1 Å². The van der Waals surface area contributed by atoms with Crippen molar-refractivity contribution in [1.29, 1.82) is 0 Å². The van der Waals surface area contributed by atoms with E-state index in [2.05, 4.69) is 15.4 Å². The molecular formula is C19H14ClN5O4. The van der Waals surface area contributed by atoms with E-state index in [1.54, 1.807) is 12.3 Å². The van der Waals surface area contributed by atoms with E-state index >= 15 is 0 Å². The zero-order valence-corrected chi connectivity index (χ0v) is 15.7. The number of hydrogen-bond acceptors (Lipinski definition) is 7. The van der Waals surface area contributed by atoms with Crippen LogP contribution in [0.2, 0.25) is 5.02 Å². The predicted molar refractivity (Wildman–Crippen MR) is 103 cm³/mol. The fourth-order valence-electron chi connectivity index (χ4n) is 4.02. The van der Waals surface area contributed by atoms with Crippen molar-refractivity contribution >= 4 is 29.0 Å². The molecule has 10 heteroatoms. The second-order valence-corrected chi connectivity index (χ2v) is 7.36. The van der Waals surface area contributed by atoms with Crippen LogP contribution in [-0.2, 0) is 4.79 Å². The van der Waals surface area contributed by atoms with Crippen molar-refractivity contribution < 1.29 is 14.1 Å². The van der Waals surface area contributed by atoms with Crippen LogP contribution >= 0.6 is 11.6 Å². The number of nitro benzene ring substituents is 1. The second-order valence-electron chi connectivity index (χ2n) is 6.95. The molecule has 2 aromatic heterocycles. The number of fused-ring (bicyclic) bond motifs is 1. The molecule has 0 bridgehead atoms. The van der Waals surface area contributed by atoms with Gasteiger partial charge in [-0.3, -0.25) is 14.9 Å². The van der Waals surface area contributed by atoms with Gasteiger partial charge >= 0.3 is 0 Å². The van der Waals surface area contributed by atoms with Gasteiger partial charge in [0.2, 0.25) is 5.95 Å². The first-order valence-electron chi connectivity index (χ1n) is 8.93. The molecule has 0 spiro atoms. The average Bonchev–Trinajstić information content (AvgIpc) is 3.38. The van der Waals surface area contributed by atoms with Crippen LogP contribution in [0.5, 0.6) is 0 Å². The van der Waals surface area contributed by atoms with Crippen LogP contribution in [0.15, 0.2) is 58.6 Å². The van der Waals surface area contributed by atoms with Gasteiger partial charge in [-0.05, 0) is 24.6 Å². The number of furan rings is 1. The van der Waals surface area contributed by atoms with Gasteiger partial charge in [-0.15, -0.1) is 0 Å². The van der Waals surface area contributed by atoms with Gasteiger partial charge in [-0.1, -0.05) is 11.6 Å². The number of anilines is 1. The van der Waals surface area contributed by atoms with E-state index in [4.69, 9.17) is 16.0 Å². The number of carbonyl (C=O) groups excluding carboxylic acids is 1. The van der Waals surface area contributed by atoms with Gasteiger partial charge in [-0.25, -0.2) is 4.68 Å². The molecule has 1 N–H and O–H groups in total. The number of hydrogen-bond donors (Lipinski definition) is 1. The Labute approximate surface area is 169 Å². The first-order valence-corrected chi connectivity index (χ1v) is 9.30. The summed E-state index contributed by atoms with van der Waals surface area (Å²) >= 11 is 6.40. The number of rotatable bonds is 3. The van der Waals surface area contributed by atoms with Gasteiger partial charge in [0.05, 0.1) is 11.2 Å². The lowest BCUT2D eigenvalue weighted by atomic mass is 9.79. The Kier molecular flexibility index (Phi) is 3.99. The van der Waals surface area contributed by atoms with E-state index in [9.17, 15) is 14.9 Å². The molecule has 1 aliphatic heterocycles. The summed E-state index contributed by atoms with van der Waals surface area (Å²) in [6.45, 7) is 0. The maximum Gasteiger partial charge on any atom is 0.269 e. The van der Waals surface area contributed by atoms with Crippen LogP contribution in [0.25, 0.3) is 0 Å². The Balaban J connectivity index is 1.66. The van der Waals surface area contributed by atoms with Crippen molar-refractivity contribution in [1.82, 2.24) is 14.8 Å². The summed E-state index contributed by atoms with van der Waals surface area (Å²) in [5.41, 5.74) is 1.53. The van der Waals surface area contributed by atoms with Crippen LogP contribution in [-0.4, -0.2) is 25.5 Å². The van der Waals surface area contributed by atoms with Crippen molar-refractivity contribution in [3.63, 3.8) is 0 Å². The van der Waals surface area contributed by atoms with Crippen LogP contribution in [0.4, 0.5) is 11.6 Å². The van der Waals surface area contributed by atoms with Crippen molar-refractivity contribution in [3.8, 4) is 0 Å². The SMILES string of the molecule is O=C1C[C@H](c2ccco2)CC2=C1[C@H](c1cc([N+](=O)[O-])ccc1Cl)n1ncnc1N2. The predicted octanol–water partition coefficient (Wildman–Crippen LogP) is 3.85. The summed E-state index contributed by atoms with van der Waals surface area (Å²) in [6, 6.07) is 7.14. The van der Waals surface area contributed by atoms with E-state index in [0.29, 0.717) is 34.2 Å². The summed E-state index contributed by atoms with van der Waals surface area (Å²) in [7, 11) is 0. The fourth-order valence-corrected chi connectivity index (χ4v) is 4.24. The summed E-state index contributed by atoms with van der Waals surface area (Å²) in [4.78, 5) is 28.2. The van der Waals surface area contributed by atoms with Crippen molar-refractivity contribution in [2.24, 2.45) is 0 Å². The monoisotopic (exact) mass is 411 g/mol. The number of nitrogens with zero attached hydrogens (tertiary/aromatic N) is 4. The number of Topliss-reactive ketones (excluding diaryl/α,β-unsaturated/α-hetero) is 1. The molecule has 0 unspecified atom stereocenters. The van der Waals surface area contributed by atoms with Gasteiger partial charge in [0.25, 0.3) is 5.69 Å².